The van der Waals surface area contributed by atoms with Crippen molar-refractivity contribution in [3.8, 4) is 0 Å². The van der Waals surface area contributed by atoms with Crippen LogP contribution in [0.25, 0.3) is 0 Å². The minimum Gasteiger partial charge on any atom is -0.456 e. The molecule has 0 radical (unpaired) electrons. The van der Waals surface area contributed by atoms with Crippen molar-refractivity contribution in [1.29, 1.82) is 0 Å². The Morgan fingerprint density at radius 1 is 1.30 bits per heavy atom. The van der Waals surface area contributed by atoms with E-state index in [1.807, 2.05) is 33.8 Å². The molecule has 5 rings (SSSR count). The van der Waals surface area contributed by atoms with Gasteiger partial charge in [-0.15, -0.1) is 11.6 Å². The van der Waals surface area contributed by atoms with E-state index in [1.165, 1.54) is 6.42 Å². The lowest BCUT2D eigenvalue weighted by atomic mass is 9.43. The fourth-order valence-electron chi connectivity index (χ4n) is 6.13. The van der Waals surface area contributed by atoms with Crippen LogP contribution in [0, 0.1) is 24.2 Å². The second-order valence-corrected chi connectivity index (χ2v) is 13.6. The molecule has 0 amide bonds. The molecule has 2 bridgehead atoms. The van der Waals surface area contributed by atoms with E-state index in [1.54, 1.807) is 12.3 Å². The largest absolute Gasteiger partial charge is 0.477 e. The van der Waals surface area contributed by atoms with Gasteiger partial charge >= 0.3 is 13.1 Å². The first-order valence-electron chi connectivity index (χ1n) is 11.8. The topological polar surface area (TPSA) is 61.8 Å². The van der Waals surface area contributed by atoms with Gasteiger partial charge in [-0.25, -0.2) is 4.79 Å². The Hall–Kier alpha value is -0.885. The van der Waals surface area contributed by atoms with Gasteiger partial charge in [-0.3, -0.25) is 4.21 Å². The molecule has 1 saturated heterocycles. The first-order chi connectivity index (χ1) is 15.1. The van der Waals surface area contributed by atoms with Crippen LogP contribution in [0.4, 0.5) is 0 Å². The van der Waals surface area contributed by atoms with Gasteiger partial charge in [0.2, 0.25) is 0 Å². The van der Waals surface area contributed by atoms with Crippen LogP contribution in [0.1, 0.15) is 75.9 Å². The van der Waals surface area contributed by atoms with Gasteiger partial charge in [0.15, 0.2) is 0 Å². The van der Waals surface area contributed by atoms with Gasteiger partial charge < -0.3 is 14.0 Å². The van der Waals surface area contributed by atoms with Crippen molar-refractivity contribution in [1.82, 2.24) is 0 Å². The summed E-state index contributed by atoms with van der Waals surface area (Å²) in [5.41, 5.74) is 1.33. The van der Waals surface area contributed by atoms with E-state index in [0.29, 0.717) is 28.7 Å². The van der Waals surface area contributed by atoms with Crippen molar-refractivity contribution in [2.75, 3.05) is 6.26 Å². The van der Waals surface area contributed by atoms with E-state index in [9.17, 15) is 9.00 Å². The Morgan fingerprint density at radius 2 is 1.97 bits per heavy atom. The van der Waals surface area contributed by atoms with Gasteiger partial charge in [0.05, 0.1) is 38.2 Å². The summed E-state index contributed by atoms with van der Waals surface area (Å²) in [6, 6.07) is 3.65. The average molecular weight is 495 g/mol. The summed E-state index contributed by atoms with van der Waals surface area (Å²) < 4.78 is 30.8. The molecule has 8 heteroatoms. The number of rotatable bonds is 5. The molecule has 33 heavy (non-hydrogen) atoms. The third kappa shape index (κ3) is 4.32. The Kier molecular flexibility index (Phi) is 6.38. The molecule has 0 spiro atoms. The Balaban J connectivity index is 1.55. The molecule has 1 aromatic carbocycles. The van der Waals surface area contributed by atoms with E-state index in [-0.39, 0.29) is 17.1 Å². The van der Waals surface area contributed by atoms with Crippen LogP contribution in [-0.4, -0.2) is 46.1 Å². The van der Waals surface area contributed by atoms with E-state index < -0.39 is 34.8 Å². The lowest BCUT2D eigenvalue weighted by Gasteiger charge is -2.64. The minimum atomic E-state index is -1.32. The summed E-state index contributed by atoms with van der Waals surface area (Å²) in [6.07, 6.45) is 4.33. The molecule has 4 unspecified atom stereocenters. The van der Waals surface area contributed by atoms with Crippen LogP contribution in [0.3, 0.4) is 0 Å². The fourth-order valence-corrected chi connectivity index (χ4v) is 7.19. The van der Waals surface area contributed by atoms with Gasteiger partial charge in [0.25, 0.3) is 0 Å². The monoisotopic (exact) mass is 494 g/mol. The zero-order valence-electron chi connectivity index (χ0n) is 21.0. The molecular weight excluding hydrogens is 459 g/mol. The molecule has 1 aromatic rings. The molecule has 1 aliphatic heterocycles. The fraction of sp³-hybridized carbons (Fsp3) is 0.720. The molecule has 3 saturated carbocycles. The molecule has 4 aliphatic rings. The van der Waals surface area contributed by atoms with E-state index >= 15 is 0 Å². The van der Waals surface area contributed by atoms with Crippen LogP contribution in [0.2, 0.25) is 0 Å². The number of hydrogen-bond donors (Lipinski definition) is 0. The quantitative estimate of drug-likeness (QED) is 0.323. The molecular formula is C25H36BClO5S. The third-order valence-electron chi connectivity index (χ3n) is 8.13. The number of carbonyl (C=O) groups is 1. The molecule has 182 valence electrons. The standard InChI is InChI=1S/C25H36BClO5S/c1-14-15(9-10-17(33(8)29)21(14)22(28)30-23(2,3)4)11-20(27)26-31-19-13-16-12-18(24(16,5)6)25(19,7)32-26/h9-10,16,18-20H,11-13H2,1-8H3/t16?,18?,19?,20-,25+,33?/m1/s1. The summed E-state index contributed by atoms with van der Waals surface area (Å²) in [7, 11) is -1.82. The minimum absolute atomic E-state index is 0.0730. The Labute approximate surface area is 205 Å². The number of esters is 1. The number of ether oxygens (including phenoxy) is 1. The van der Waals surface area contributed by atoms with Gasteiger partial charge in [-0.05, 0) is 88.3 Å². The maximum absolute atomic E-state index is 13.0. The zero-order valence-corrected chi connectivity index (χ0v) is 22.6. The van der Waals surface area contributed by atoms with Crippen molar-refractivity contribution in [3.63, 3.8) is 0 Å². The summed E-state index contributed by atoms with van der Waals surface area (Å²) in [5.74, 6) is 0.687. The molecule has 1 heterocycles. The SMILES string of the molecule is Cc1c(C[C@@H](Cl)B2OC3CC4CC(C4(C)C)[C@]3(C)O2)ccc(S(C)=O)c1C(=O)OC(C)(C)C. The third-order valence-corrected chi connectivity index (χ3v) is 9.45. The smallest absolute Gasteiger partial charge is 0.456 e. The second kappa shape index (κ2) is 8.36. The van der Waals surface area contributed by atoms with E-state index in [0.717, 1.165) is 17.5 Å². The van der Waals surface area contributed by atoms with Crippen molar-refractivity contribution in [2.45, 2.75) is 95.2 Å². The normalized spacial score (nSPS) is 32.0. The molecule has 4 fully saturated rings. The molecule has 5 nitrogen and oxygen atoms in total. The highest BCUT2D eigenvalue weighted by Gasteiger charge is 2.68. The zero-order chi connectivity index (χ0) is 24.5. The highest BCUT2D eigenvalue weighted by molar-refractivity contribution is 7.84. The number of benzene rings is 1. The van der Waals surface area contributed by atoms with Gasteiger partial charge in [-0.1, -0.05) is 19.9 Å². The van der Waals surface area contributed by atoms with Crippen LogP contribution < -0.4 is 0 Å². The maximum Gasteiger partial charge on any atom is 0.477 e. The Morgan fingerprint density at radius 3 is 2.55 bits per heavy atom. The molecule has 0 N–H and O–H groups in total. The van der Waals surface area contributed by atoms with Crippen LogP contribution >= 0.6 is 11.6 Å². The summed E-state index contributed by atoms with van der Waals surface area (Å²) in [6.45, 7) is 14.2. The maximum atomic E-state index is 13.0. The van der Waals surface area contributed by atoms with Crippen molar-refractivity contribution < 1.29 is 23.0 Å². The highest BCUT2D eigenvalue weighted by Crippen LogP contribution is 2.65. The van der Waals surface area contributed by atoms with E-state index in [4.69, 9.17) is 25.6 Å². The molecule has 3 aliphatic carbocycles. The van der Waals surface area contributed by atoms with Crippen molar-refractivity contribution >= 4 is 35.5 Å². The van der Waals surface area contributed by atoms with Crippen molar-refractivity contribution in [3.05, 3.63) is 28.8 Å². The van der Waals surface area contributed by atoms with Gasteiger partial charge in [0, 0.05) is 6.26 Å². The highest BCUT2D eigenvalue weighted by atomic mass is 35.5. The summed E-state index contributed by atoms with van der Waals surface area (Å²) in [5, 5.41) is -0.407. The van der Waals surface area contributed by atoms with Crippen LogP contribution in [0.5, 0.6) is 0 Å². The van der Waals surface area contributed by atoms with Crippen LogP contribution in [0.15, 0.2) is 17.0 Å². The first kappa shape index (κ1) is 25.2. The average Bonchev–Trinajstić information content (AvgIpc) is 3.04. The number of halogens is 1. The molecule has 6 atom stereocenters. The first-order valence-corrected chi connectivity index (χ1v) is 13.8. The van der Waals surface area contributed by atoms with Crippen LogP contribution in [-0.2, 0) is 31.3 Å². The lowest BCUT2D eigenvalue weighted by molar-refractivity contribution is -0.199. The number of carbonyl (C=O) groups excluding carboxylic acids is 1. The molecule has 0 aromatic heterocycles. The van der Waals surface area contributed by atoms with E-state index in [2.05, 4.69) is 20.8 Å². The predicted molar refractivity (Wildman–Crippen MR) is 132 cm³/mol. The second-order valence-electron chi connectivity index (χ2n) is 11.7. The predicted octanol–water partition coefficient (Wildman–Crippen LogP) is 5.11. The summed E-state index contributed by atoms with van der Waals surface area (Å²) >= 11 is 6.87. The Bertz CT molecular complexity index is 990. The number of alkyl halides is 1. The summed E-state index contributed by atoms with van der Waals surface area (Å²) in [4.78, 5) is 13.5. The van der Waals surface area contributed by atoms with Gasteiger partial charge in [0.1, 0.15) is 5.60 Å². The number of hydrogen-bond acceptors (Lipinski definition) is 5. The van der Waals surface area contributed by atoms with Crippen molar-refractivity contribution in [2.24, 2.45) is 17.3 Å². The lowest BCUT2D eigenvalue weighted by Crippen LogP contribution is -2.65. The van der Waals surface area contributed by atoms with Gasteiger partial charge in [-0.2, -0.15) is 0 Å².